The molecule has 62 valence electrons. The highest BCUT2D eigenvalue weighted by molar-refractivity contribution is 5.85. The second-order valence-corrected chi connectivity index (χ2v) is 2.85. The highest BCUT2D eigenvalue weighted by atomic mass is 35.5. The van der Waals surface area contributed by atoms with Gasteiger partial charge in [-0.05, 0) is 19.8 Å². The van der Waals surface area contributed by atoms with E-state index in [0.717, 1.165) is 11.5 Å². The van der Waals surface area contributed by atoms with E-state index in [1.165, 1.54) is 12.8 Å². The van der Waals surface area contributed by atoms with Crippen molar-refractivity contribution in [2.75, 3.05) is 5.73 Å². The van der Waals surface area contributed by atoms with Crippen LogP contribution in [-0.4, -0.2) is 9.55 Å². The van der Waals surface area contributed by atoms with E-state index in [1.54, 1.807) is 0 Å². The van der Waals surface area contributed by atoms with Crippen molar-refractivity contribution in [1.82, 2.24) is 9.55 Å². The number of anilines is 1. The van der Waals surface area contributed by atoms with E-state index in [9.17, 15) is 0 Å². The molecular weight excluding hydrogens is 162 g/mol. The Hall–Kier alpha value is -0.700. The van der Waals surface area contributed by atoms with Crippen LogP contribution >= 0.6 is 12.4 Å². The summed E-state index contributed by atoms with van der Waals surface area (Å²) in [6.45, 7) is 1.94. The number of rotatable bonds is 1. The Morgan fingerprint density at radius 3 is 2.64 bits per heavy atom. The van der Waals surface area contributed by atoms with Crippen LogP contribution in [0.5, 0.6) is 0 Å². The normalized spacial score (nSPS) is 16.1. The summed E-state index contributed by atoms with van der Waals surface area (Å²) in [5, 5.41) is 0. The fourth-order valence-electron chi connectivity index (χ4n) is 1.11. The van der Waals surface area contributed by atoms with Gasteiger partial charge in [-0.1, -0.05) is 0 Å². The number of hydrogen-bond donors (Lipinski definition) is 1. The number of halogens is 1. The molecule has 1 aliphatic carbocycles. The van der Waals surface area contributed by atoms with Crippen LogP contribution in [-0.2, 0) is 0 Å². The number of aromatic nitrogens is 2. The van der Waals surface area contributed by atoms with Gasteiger partial charge in [-0.15, -0.1) is 12.4 Å². The average Bonchev–Trinajstić information content (AvgIpc) is 2.67. The van der Waals surface area contributed by atoms with Crippen LogP contribution in [0.2, 0.25) is 0 Å². The van der Waals surface area contributed by atoms with E-state index in [2.05, 4.69) is 9.55 Å². The molecule has 2 rings (SSSR count). The summed E-state index contributed by atoms with van der Waals surface area (Å²) < 4.78 is 2.06. The molecule has 0 radical (unpaired) electrons. The summed E-state index contributed by atoms with van der Waals surface area (Å²) in [5.74, 6) is 0.836. The number of nitrogens with zero attached hydrogens (tertiary/aromatic N) is 2. The van der Waals surface area contributed by atoms with Crippen molar-refractivity contribution in [3.05, 3.63) is 12.0 Å². The molecule has 4 heteroatoms. The summed E-state index contributed by atoms with van der Waals surface area (Å²) in [6, 6.07) is 0.654. The molecule has 1 fully saturated rings. The lowest BCUT2D eigenvalue weighted by Crippen LogP contribution is -1.98. The van der Waals surface area contributed by atoms with Gasteiger partial charge >= 0.3 is 0 Å². The Balaban J connectivity index is 0.000000605. The van der Waals surface area contributed by atoms with Crippen molar-refractivity contribution in [1.29, 1.82) is 0 Å². The summed E-state index contributed by atoms with van der Waals surface area (Å²) in [5.41, 5.74) is 6.69. The second kappa shape index (κ2) is 2.74. The van der Waals surface area contributed by atoms with Gasteiger partial charge in [-0.25, -0.2) is 4.98 Å². The zero-order chi connectivity index (χ0) is 7.14. The number of nitrogens with two attached hydrogens (primary N) is 1. The molecule has 1 aliphatic rings. The van der Waals surface area contributed by atoms with Gasteiger partial charge in [0.05, 0.1) is 12.0 Å². The van der Waals surface area contributed by atoms with Crippen LogP contribution in [0.25, 0.3) is 0 Å². The first-order chi connectivity index (χ1) is 4.79. The molecule has 1 heterocycles. The maximum absolute atomic E-state index is 5.74. The summed E-state index contributed by atoms with van der Waals surface area (Å²) >= 11 is 0. The van der Waals surface area contributed by atoms with E-state index < -0.39 is 0 Å². The summed E-state index contributed by atoms with van der Waals surface area (Å²) in [6.07, 6.45) is 4.36. The first kappa shape index (κ1) is 8.40. The predicted molar refractivity (Wildman–Crippen MR) is 46.9 cm³/mol. The van der Waals surface area contributed by atoms with Crippen molar-refractivity contribution >= 4 is 18.2 Å². The lowest BCUT2D eigenvalue weighted by atomic mass is 10.5. The zero-order valence-corrected chi connectivity index (χ0v) is 7.27. The Bertz CT molecular complexity index is 252. The third kappa shape index (κ3) is 1.33. The third-order valence-electron chi connectivity index (χ3n) is 1.96. The van der Waals surface area contributed by atoms with Crippen molar-refractivity contribution in [2.45, 2.75) is 25.8 Å². The Morgan fingerprint density at radius 1 is 1.64 bits per heavy atom. The fourth-order valence-corrected chi connectivity index (χ4v) is 1.11. The van der Waals surface area contributed by atoms with Crippen molar-refractivity contribution in [2.24, 2.45) is 0 Å². The van der Waals surface area contributed by atoms with Gasteiger partial charge in [0, 0.05) is 6.04 Å². The molecule has 0 aromatic carbocycles. The molecule has 0 bridgehead atoms. The molecule has 0 atom stereocenters. The summed E-state index contributed by atoms with van der Waals surface area (Å²) in [4.78, 5) is 4.12. The number of hydrogen-bond acceptors (Lipinski definition) is 2. The first-order valence-corrected chi connectivity index (χ1v) is 3.58. The van der Waals surface area contributed by atoms with Crippen molar-refractivity contribution in [3.8, 4) is 0 Å². The average molecular weight is 174 g/mol. The van der Waals surface area contributed by atoms with E-state index in [-0.39, 0.29) is 12.4 Å². The van der Waals surface area contributed by atoms with E-state index in [1.807, 2.05) is 13.3 Å². The minimum absolute atomic E-state index is 0. The smallest absolute Gasteiger partial charge is 0.126 e. The minimum atomic E-state index is 0. The topological polar surface area (TPSA) is 43.8 Å². The van der Waals surface area contributed by atoms with Crippen LogP contribution in [0.3, 0.4) is 0 Å². The SMILES string of the molecule is Cc1ncn(C2CC2)c1N.Cl. The molecule has 0 aliphatic heterocycles. The van der Waals surface area contributed by atoms with Gasteiger partial charge < -0.3 is 10.3 Å². The molecule has 3 nitrogen and oxygen atoms in total. The molecular formula is C7H12ClN3. The van der Waals surface area contributed by atoms with Gasteiger partial charge in [0.2, 0.25) is 0 Å². The van der Waals surface area contributed by atoms with Gasteiger partial charge in [0.1, 0.15) is 5.82 Å². The molecule has 1 aromatic heterocycles. The quantitative estimate of drug-likeness (QED) is 0.700. The predicted octanol–water partition coefficient (Wildman–Crippen LogP) is 1.53. The molecule has 0 spiro atoms. The Morgan fingerprint density at radius 2 is 2.27 bits per heavy atom. The van der Waals surface area contributed by atoms with Crippen molar-refractivity contribution < 1.29 is 0 Å². The van der Waals surface area contributed by atoms with Gasteiger partial charge in [-0.2, -0.15) is 0 Å². The Labute approximate surface area is 72.0 Å². The lowest BCUT2D eigenvalue weighted by molar-refractivity contribution is 0.750. The van der Waals surface area contributed by atoms with Gasteiger partial charge in [0.25, 0.3) is 0 Å². The van der Waals surface area contributed by atoms with Crippen LogP contribution in [0.1, 0.15) is 24.6 Å². The highest BCUT2D eigenvalue weighted by Crippen LogP contribution is 2.36. The number of aryl methyl sites for hydroxylation is 1. The van der Waals surface area contributed by atoms with Crippen LogP contribution in [0.4, 0.5) is 5.82 Å². The van der Waals surface area contributed by atoms with Crippen molar-refractivity contribution in [3.63, 3.8) is 0 Å². The lowest BCUT2D eigenvalue weighted by Gasteiger charge is -1.99. The largest absolute Gasteiger partial charge is 0.384 e. The molecule has 11 heavy (non-hydrogen) atoms. The molecule has 0 amide bonds. The van der Waals surface area contributed by atoms with E-state index >= 15 is 0 Å². The van der Waals surface area contributed by atoms with E-state index in [4.69, 9.17) is 5.73 Å². The second-order valence-electron chi connectivity index (χ2n) is 2.85. The minimum Gasteiger partial charge on any atom is -0.384 e. The fraction of sp³-hybridized carbons (Fsp3) is 0.571. The first-order valence-electron chi connectivity index (χ1n) is 3.58. The van der Waals surface area contributed by atoms with Crippen LogP contribution in [0, 0.1) is 6.92 Å². The standard InChI is InChI=1S/C7H11N3.ClH/c1-5-7(8)10(4-9-5)6-2-3-6;/h4,6H,2-3,8H2,1H3;1H. The molecule has 1 saturated carbocycles. The molecule has 0 saturated heterocycles. The molecule has 0 unspecified atom stereocenters. The van der Waals surface area contributed by atoms with Gasteiger partial charge in [-0.3, -0.25) is 0 Å². The maximum Gasteiger partial charge on any atom is 0.126 e. The Kier molecular flexibility index (Phi) is 2.09. The van der Waals surface area contributed by atoms with E-state index in [0.29, 0.717) is 6.04 Å². The van der Waals surface area contributed by atoms with Crippen LogP contribution < -0.4 is 5.73 Å². The van der Waals surface area contributed by atoms with Crippen LogP contribution in [0.15, 0.2) is 6.33 Å². The monoisotopic (exact) mass is 173 g/mol. The highest BCUT2D eigenvalue weighted by Gasteiger charge is 2.25. The number of imidazole rings is 1. The molecule has 1 aromatic rings. The zero-order valence-electron chi connectivity index (χ0n) is 6.45. The summed E-state index contributed by atoms with van der Waals surface area (Å²) in [7, 11) is 0. The maximum atomic E-state index is 5.74. The number of nitrogen functional groups attached to an aromatic ring is 1. The van der Waals surface area contributed by atoms with Gasteiger partial charge in [0.15, 0.2) is 0 Å². The third-order valence-corrected chi connectivity index (χ3v) is 1.96. The molecule has 2 N–H and O–H groups in total.